The molecule has 0 aliphatic rings. The van der Waals surface area contributed by atoms with Crippen LogP contribution in [0.25, 0.3) is 0 Å². The highest BCUT2D eigenvalue weighted by atomic mass is 16.5. The highest BCUT2D eigenvalue weighted by molar-refractivity contribution is 4.51. The minimum atomic E-state index is 0.885. The molecule has 0 unspecified atom stereocenters. The number of rotatable bonds is 10. The van der Waals surface area contributed by atoms with E-state index >= 15 is 0 Å². The molecule has 0 saturated heterocycles. The minimum absolute atomic E-state index is 0.885. The maximum atomic E-state index is 4.96. The zero-order valence-corrected chi connectivity index (χ0v) is 9.07. The molecule has 3 heteroatoms. The summed E-state index contributed by atoms with van der Waals surface area (Å²) in [6, 6.07) is 0. The van der Waals surface area contributed by atoms with E-state index < -0.39 is 0 Å². The maximum Gasteiger partial charge on any atom is 0.0462 e. The zero-order chi connectivity index (χ0) is 9.78. The second-order valence-electron chi connectivity index (χ2n) is 3.20. The molecule has 2 N–H and O–H groups in total. The summed E-state index contributed by atoms with van der Waals surface area (Å²) in [6.07, 6.45) is 3.58. The highest BCUT2D eigenvalue weighted by Crippen LogP contribution is 1.85. The number of hydrogen-bond donors (Lipinski definition) is 2. The van der Waals surface area contributed by atoms with Gasteiger partial charge in [0.25, 0.3) is 0 Å². The molecule has 80 valence electrons. The summed E-state index contributed by atoms with van der Waals surface area (Å²) in [5.41, 5.74) is 0. The third kappa shape index (κ3) is 11.9. The van der Waals surface area contributed by atoms with Crippen molar-refractivity contribution in [2.24, 2.45) is 0 Å². The summed E-state index contributed by atoms with van der Waals surface area (Å²) in [5, 5.41) is 6.74. The molecule has 0 aromatic heterocycles. The summed E-state index contributed by atoms with van der Waals surface area (Å²) >= 11 is 0. The van der Waals surface area contributed by atoms with Crippen LogP contribution in [0.1, 0.15) is 26.2 Å². The van der Waals surface area contributed by atoms with Crippen molar-refractivity contribution in [3.63, 3.8) is 0 Å². The molecule has 0 aromatic carbocycles. The lowest BCUT2D eigenvalue weighted by Gasteiger charge is -2.05. The van der Waals surface area contributed by atoms with Gasteiger partial charge < -0.3 is 15.4 Å². The number of methoxy groups -OCH3 is 1. The SMILES string of the molecule is CCCNCCNCCCCOC. The van der Waals surface area contributed by atoms with Crippen LogP contribution in [0.3, 0.4) is 0 Å². The van der Waals surface area contributed by atoms with Crippen molar-refractivity contribution in [3.8, 4) is 0 Å². The lowest BCUT2D eigenvalue weighted by Crippen LogP contribution is -2.28. The van der Waals surface area contributed by atoms with Gasteiger partial charge in [-0.2, -0.15) is 0 Å². The normalized spacial score (nSPS) is 10.6. The Kier molecular flexibility index (Phi) is 11.8. The third-order valence-electron chi connectivity index (χ3n) is 1.86. The summed E-state index contributed by atoms with van der Waals surface area (Å²) in [7, 11) is 1.75. The van der Waals surface area contributed by atoms with Crippen LogP contribution in [-0.2, 0) is 4.74 Å². The van der Waals surface area contributed by atoms with Crippen LogP contribution in [0.4, 0.5) is 0 Å². The van der Waals surface area contributed by atoms with E-state index in [-0.39, 0.29) is 0 Å². The molecule has 0 rings (SSSR count). The van der Waals surface area contributed by atoms with Crippen molar-refractivity contribution in [1.82, 2.24) is 10.6 Å². The van der Waals surface area contributed by atoms with Gasteiger partial charge in [0.05, 0.1) is 0 Å². The van der Waals surface area contributed by atoms with Crippen molar-refractivity contribution < 1.29 is 4.74 Å². The molecule has 0 aliphatic carbocycles. The van der Waals surface area contributed by atoms with Crippen LogP contribution >= 0.6 is 0 Å². The lowest BCUT2D eigenvalue weighted by atomic mass is 10.3. The Morgan fingerprint density at radius 2 is 1.62 bits per heavy atom. The number of nitrogens with one attached hydrogen (secondary N) is 2. The van der Waals surface area contributed by atoms with E-state index in [4.69, 9.17) is 4.74 Å². The average Bonchev–Trinajstić information content (AvgIpc) is 2.16. The molecule has 13 heavy (non-hydrogen) atoms. The number of hydrogen-bond acceptors (Lipinski definition) is 3. The molecule has 0 heterocycles. The van der Waals surface area contributed by atoms with Gasteiger partial charge in [-0.05, 0) is 32.4 Å². The Labute approximate surface area is 82.2 Å². The first-order valence-electron chi connectivity index (χ1n) is 5.32. The Bertz CT molecular complexity index is 79.0. The topological polar surface area (TPSA) is 33.3 Å². The predicted molar refractivity (Wildman–Crippen MR) is 57.1 cm³/mol. The van der Waals surface area contributed by atoms with Gasteiger partial charge in [-0.3, -0.25) is 0 Å². The Balaban J connectivity index is 2.76. The molecule has 0 spiro atoms. The molecular weight excluding hydrogens is 164 g/mol. The van der Waals surface area contributed by atoms with Crippen LogP contribution in [0.5, 0.6) is 0 Å². The van der Waals surface area contributed by atoms with E-state index in [9.17, 15) is 0 Å². The van der Waals surface area contributed by atoms with Crippen LogP contribution in [-0.4, -0.2) is 39.9 Å². The van der Waals surface area contributed by atoms with Crippen molar-refractivity contribution in [1.29, 1.82) is 0 Å². The van der Waals surface area contributed by atoms with E-state index in [1.807, 2.05) is 0 Å². The van der Waals surface area contributed by atoms with Crippen molar-refractivity contribution in [2.45, 2.75) is 26.2 Å². The van der Waals surface area contributed by atoms with Crippen molar-refractivity contribution in [3.05, 3.63) is 0 Å². The van der Waals surface area contributed by atoms with Crippen LogP contribution in [0, 0.1) is 0 Å². The van der Waals surface area contributed by atoms with Crippen LogP contribution in [0.15, 0.2) is 0 Å². The number of ether oxygens (including phenoxy) is 1. The highest BCUT2D eigenvalue weighted by Gasteiger charge is 1.88. The van der Waals surface area contributed by atoms with Gasteiger partial charge in [0, 0.05) is 26.8 Å². The van der Waals surface area contributed by atoms with E-state index in [2.05, 4.69) is 17.6 Å². The summed E-state index contributed by atoms with van der Waals surface area (Å²) in [4.78, 5) is 0. The number of unbranched alkanes of at least 4 members (excludes halogenated alkanes) is 1. The molecule has 3 nitrogen and oxygen atoms in total. The molecule has 0 radical (unpaired) electrons. The fraction of sp³-hybridized carbons (Fsp3) is 1.00. The predicted octanol–water partition coefficient (Wildman–Crippen LogP) is 1.00. The molecule has 0 fully saturated rings. The first-order valence-corrected chi connectivity index (χ1v) is 5.32. The molecule has 0 bridgehead atoms. The van der Waals surface area contributed by atoms with Gasteiger partial charge >= 0.3 is 0 Å². The first kappa shape index (κ1) is 12.9. The summed E-state index contributed by atoms with van der Waals surface area (Å²) in [5.74, 6) is 0. The average molecular weight is 188 g/mol. The first-order chi connectivity index (χ1) is 6.41. The molecule has 0 atom stereocenters. The smallest absolute Gasteiger partial charge is 0.0462 e. The standard InChI is InChI=1S/C10H24N2O/c1-3-6-11-8-9-12-7-4-5-10-13-2/h11-12H,3-10H2,1-2H3. The van der Waals surface area contributed by atoms with Gasteiger partial charge in [-0.15, -0.1) is 0 Å². The van der Waals surface area contributed by atoms with Crippen LogP contribution < -0.4 is 10.6 Å². The van der Waals surface area contributed by atoms with Crippen molar-refractivity contribution in [2.75, 3.05) is 39.9 Å². The monoisotopic (exact) mass is 188 g/mol. The molecule has 0 aromatic rings. The maximum absolute atomic E-state index is 4.96. The molecule has 0 amide bonds. The fourth-order valence-electron chi connectivity index (χ4n) is 1.10. The quantitative estimate of drug-likeness (QED) is 0.502. The Morgan fingerprint density at radius 1 is 0.923 bits per heavy atom. The second-order valence-corrected chi connectivity index (χ2v) is 3.20. The largest absolute Gasteiger partial charge is 0.385 e. The van der Waals surface area contributed by atoms with E-state index in [0.717, 1.165) is 39.2 Å². The van der Waals surface area contributed by atoms with E-state index in [0.29, 0.717) is 0 Å². The van der Waals surface area contributed by atoms with Crippen molar-refractivity contribution >= 4 is 0 Å². The molecule has 0 aliphatic heterocycles. The van der Waals surface area contributed by atoms with Gasteiger partial charge in [0.15, 0.2) is 0 Å². The summed E-state index contributed by atoms with van der Waals surface area (Å²) < 4.78 is 4.96. The van der Waals surface area contributed by atoms with E-state index in [1.165, 1.54) is 12.8 Å². The molecule has 0 saturated carbocycles. The summed E-state index contributed by atoms with van der Waals surface area (Å²) in [6.45, 7) is 7.47. The van der Waals surface area contributed by atoms with Gasteiger partial charge in [0.2, 0.25) is 0 Å². The van der Waals surface area contributed by atoms with Crippen LogP contribution in [0.2, 0.25) is 0 Å². The van der Waals surface area contributed by atoms with Gasteiger partial charge in [-0.1, -0.05) is 6.92 Å². The van der Waals surface area contributed by atoms with E-state index in [1.54, 1.807) is 7.11 Å². The third-order valence-corrected chi connectivity index (χ3v) is 1.86. The lowest BCUT2D eigenvalue weighted by molar-refractivity contribution is 0.192. The Morgan fingerprint density at radius 3 is 2.23 bits per heavy atom. The molecular formula is C10H24N2O. The Hall–Kier alpha value is -0.120. The van der Waals surface area contributed by atoms with Gasteiger partial charge in [0.1, 0.15) is 0 Å². The fourth-order valence-corrected chi connectivity index (χ4v) is 1.10. The second kappa shape index (κ2) is 11.9. The minimum Gasteiger partial charge on any atom is -0.385 e. The zero-order valence-electron chi connectivity index (χ0n) is 9.07. The van der Waals surface area contributed by atoms with Gasteiger partial charge in [-0.25, -0.2) is 0 Å².